The molecule has 0 spiro atoms. The van der Waals surface area contributed by atoms with E-state index in [1.165, 1.54) is 4.57 Å². The van der Waals surface area contributed by atoms with Crippen molar-refractivity contribution in [3.05, 3.63) is 50.1 Å². The number of benzene rings is 1. The molecule has 1 unspecified atom stereocenters. The lowest BCUT2D eigenvalue weighted by molar-refractivity contribution is 0.363. The molecule has 0 aliphatic carbocycles. The maximum absolute atomic E-state index is 12.1. The quantitative estimate of drug-likeness (QED) is 0.912. The maximum atomic E-state index is 12.1. The molecule has 0 aliphatic heterocycles. The zero-order chi connectivity index (χ0) is 15.6. The molecule has 0 saturated carbocycles. The van der Waals surface area contributed by atoms with Crippen LogP contribution in [-0.2, 0) is 0 Å². The molecule has 1 aromatic carbocycles. The first-order valence-corrected chi connectivity index (χ1v) is 7.17. The Balaban J connectivity index is 2.74. The number of hydrogen-bond donors (Lipinski definition) is 2. The number of hydrogen-bond acceptors (Lipinski definition) is 3. The van der Waals surface area contributed by atoms with Crippen molar-refractivity contribution < 1.29 is 5.11 Å². The lowest BCUT2D eigenvalue weighted by atomic mass is 10.1. The van der Waals surface area contributed by atoms with Gasteiger partial charge in [0.2, 0.25) is 5.88 Å². The Morgan fingerprint density at radius 1 is 1.33 bits per heavy atom. The van der Waals surface area contributed by atoms with E-state index < -0.39 is 11.2 Å². The molecule has 21 heavy (non-hydrogen) atoms. The fourth-order valence-corrected chi connectivity index (χ4v) is 2.63. The summed E-state index contributed by atoms with van der Waals surface area (Å²) < 4.78 is 1.20. The molecular formula is C15H17ClN2O3. The van der Waals surface area contributed by atoms with Gasteiger partial charge in [-0.05, 0) is 19.4 Å². The number of rotatable bonds is 4. The summed E-state index contributed by atoms with van der Waals surface area (Å²) in [7, 11) is 0. The van der Waals surface area contributed by atoms with Gasteiger partial charge in [-0.2, -0.15) is 0 Å². The van der Waals surface area contributed by atoms with E-state index in [1.54, 1.807) is 24.3 Å². The summed E-state index contributed by atoms with van der Waals surface area (Å²) in [4.78, 5) is 26.3. The summed E-state index contributed by atoms with van der Waals surface area (Å²) in [5.74, 6) is -0.349. The standard InChI is InChI=1S/C15H17ClN2O3/c1-3-6-9(2)18-14(20)12(13(19)17-15(18)21)10-7-4-5-8-11(10)16/h4-5,7-9,20H,3,6H2,1-2H3,(H,17,19,21). The van der Waals surface area contributed by atoms with E-state index in [2.05, 4.69) is 4.98 Å². The van der Waals surface area contributed by atoms with Gasteiger partial charge in [-0.15, -0.1) is 0 Å². The second-order valence-electron chi connectivity index (χ2n) is 4.95. The van der Waals surface area contributed by atoms with Gasteiger partial charge in [-0.3, -0.25) is 14.3 Å². The fourth-order valence-electron chi connectivity index (χ4n) is 2.40. The van der Waals surface area contributed by atoms with Gasteiger partial charge in [-0.1, -0.05) is 43.1 Å². The summed E-state index contributed by atoms with van der Waals surface area (Å²) in [6.07, 6.45) is 1.56. The summed E-state index contributed by atoms with van der Waals surface area (Å²) in [6.45, 7) is 3.80. The Morgan fingerprint density at radius 2 is 2.00 bits per heavy atom. The van der Waals surface area contributed by atoms with Gasteiger partial charge in [0.15, 0.2) is 0 Å². The van der Waals surface area contributed by atoms with Crippen LogP contribution in [0.2, 0.25) is 5.02 Å². The number of aromatic nitrogens is 2. The van der Waals surface area contributed by atoms with Crippen molar-refractivity contribution >= 4 is 11.6 Å². The molecule has 1 aromatic heterocycles. The van der Waals surface area contributed by atoms with Crippen molar-refractivity contribution in [2.45, 2.75) is 32.7 Å². The molecular weight excluding hydrogens is 292 g/mol. The van der Waals surface area contributed by atoms with Crippen molar-refractivity contribution in [3.63, 3.8) is 0 Å². The van der Waals surface area contributed by atoms with Crippen LogP contribution >= 0.6 is 11.6 Å². The minimum Gasteiger partial charge on any atom is -0.494 e. The van der Waals surface area contributed by atoms with E-state index in [1.807, 2.05) is 13.8 Å². The zero-order valence-electron chi connectivity index (χ0n) is 11.9. The number of aromatic hydroxyl groups is 1. The first-order valence-electron chi connectivity index (χ1n) is 6.80. The Morgan fingerprint density at radius 3 is 2.62 bits per heavy atom. The molecule has 2 aromatic rings. The van der Waals surface area contributed by atoms with Gasteiger partial charge in [0, 0.05) is 16.6 Å². The van der Waals surface area contributed by atoms with Gasteiger partial charge in [0.25, 0.3) is 5.56 Å². The van der Waals surface area contributed by atoms with Crippen LogP contribution in [0.3, 0.4) is 0 Å². The van der Waals surface area contributed by atoms with Gasteiger partial charge >= 0.3 is 5.69 Å². The number of nitrogens with zero attached hydrogens (tertiary/aromatic N) is 1. The number of aromatic amines is 1. The predicted molar refractivity (Wildman–Crippen MR) is 83.1 cm³/mol. The second kappa shape index (κ2) is 6.18. The molecule has 2 rings (SSSR count). The molecule has 0 bridgehead atoms. The van der Waals surface area contributed by atoms with Crippen molar-refractivity contribution in [2.24, 2.45) is 0 Å². The van der Waals surface area contributed by atoms with Crippen molar-refractivity contribution in [1.29, 1.82) is 0 Å². The normalized spacial score (nSPS) is 12.3. The fraction of sp³-hybridized carbons (Fsp3) is 0.333. The number of H-pyrrole nitrogens is 1. The second-order valence-corrected chi connectivity index (χ2v) is 5.35. The van der Waals surface area contributed by atoms with E-state index in [4.69, 9.17) is 11.6 Å². The summed E-state index contributed by atoms with van der Waals surface area (Å²) in [5.41, 5.74) is -0.849. The number of halogens is 1. The van der Waals surface area contributed by atoms with Crippen molar-refractivity contribution in [2.75, 3.05) is 0 Å². The Labute approximate surface area is 126 Å². The average Bonchev–Trinajstić information content (AvgIpc) is 2.40. The van der Waals surface area contributed by atoms with E-state index >= 15 is 0 Å². The van der Waals surface area contributed by atoms with Crippen LogP contribution in [0.15, 0.2) is 33.9 Å². The lowest BCUT2D eigenvalue weighted by Crippen LogP contribution is -2.32. The van der Waals surface area contributed by atoms with Crippen LogP contribution < -0.4 is 11.2 Å². The summed E-state index contributed by atoms with van der Waals surface area (Å²) in [6, 6.07) is 6.48. The Bertz CT molecular complexity index is 764. The molecule has 0 radical (unpaired) electrons. The average molecular weight is 309 g/mol. The molecule has 1 atom stereocenters. The van der Waals surface area contributed by atoms with E-state index in [0.717, 1.165) is 6.42 Å². The molecule has 0 fully saturated rings. The van der Waals surface area contributed by atoms with Crippen LogP contribution in [0.1, 0.15) is 32.7 Å². The van der Waals surface area contributed by atoms with E-state index in [-0.39, 0.29) is 17.5 Å². The number of nitrogens with one attached hydrogen (secondary N) is 1. The Kier molecular flexibility index (Phi) is 4.53. The van der Waals surface area contributed by atoms with Crippen LogP contribution in [0.4, 0.5) is 0 Å². The van der Waals surface area contributed by atoms with Crippen LogP contribution in [0, 0.1) is 0 Å². The molecule has 6 heteroatoms. The third kappa shape index (κ3) is 2.88. The molecule has 5 nitrogen and oxygen atoms in total. The highest BCUT2D eigenvalue weighted by molar-refractivity contribution is 6.33. The van der Waals surface area contributed by atoms with Crippen molar-refractivity contribution in [3.8, 4) is 17.0 Å². The third-order valence-electron chi connectivity index (χ3n) is 3.41. The highest BCUT2D eigenvalue weighted by Crippen LogP contribution is 2.31. The molecule has 1 heterocycles. The largest absolute Gasteiger partial charge is 0.494 e. The highest BCUT2D eigenvalue weighted by atomic mass is 35.5. The van der Waals surface area contributed by atoms with Gasteiger partial charge < -0.3 is 5.11 Å². The highest BCUT2D eigenvalue weighted by Gasteiger charge is 2.20. The monoisotopic (exact) mass is 308 g/mol. The summed E-state index contributed by atoms with van der Waals surface area (Å²) >= 11 is 6.08. The molecule has 0 saturated heterocycles. The van der Waals surface area contributed by atoms with E-state index in [0.29, 0.717) is 17.0 Å². The molecule has 0 amide bonds. The first kappa shape index (κ1) is 15.4. The zero-order valence-corrected chi connectivity index (χ0v) is 12.6. The van der Waals surface area contributed by atoms with Gasteiger partial charge in [0.1, 0.15) is 5.56 Å². The van der Waals surface area contributed by atoms with Gasteiger partial charge in [0.05, 0.1) is 0 Å². The van der Waals surface area contributed by atoms with Gasteiger partial charge in [-0.25, -0.2) is 4.79 Å². The minimum atomic E-state index is -0.648. The maximum Gasteiger partial charge on any atom is 0.331 e. The van der Waals surface area contributed by atoms with Crippen LogP contribution in [0.5, 0.6) is 5.88 Å². The van der Waals surface area contributed by atoms with Crippen molar-refractivity contribution in [1.82, 2.24) is 9.55 Å². The predicted octanol–water partition coefficient (Wildman–Crippen LogP) is 2.92. The van der Waals surface area contributed by atoms with E-state index in [9.17, 15) is 14.7 Å². The Hall–Kier alpha value is -2.01. The SMILES string of the molecule is CCCC(C)n1c(O)c(-c2ccccc2Cl)c(=O)[nH]c1=O. The summed E-state index contributed by atoms with van der Waals surface area (Å²) in [5, 5.41) is 10.7. The molecule has 112 valence electrons. The molecule has 0 aliphatic rings. The lowest BCUT2D eigenvalue weighted by Gasteiger charge is -2.17. The minimum absolute atomic E-state index is 0.0168. The van der Waals surface area contributed by atoms with Crippen LogP contribution in [-0.4, -0.2) is 14.7 Å². The third-order valence-corrected chi connectivity index (χ3v) is 3.74. The molecule has 2 N–H and O–H groups in total. The topological polar surface area (TPSA) is 75.1 Å². The smallest absolute Gasteiger partial charge is 0.331 e. The first-order chi connectivity index (χ1) is 9.97. The van der Waals surface area contributed by atoms with Crippen LogP contribution in [0.25, 0.3) is 11.1 Å².